The van der Waals surface area contributed by atoms with Crippen molar-refractivity contribution in [1.29, 1.82) is 0 Å². The molecule has 12 heterocycles. The molecule has 7 aromatic carbocycles. The van der Waals surface area contributed by atoms with Crippen LogP contribution in [-0.4, -0.2) is 137 Å². The lowest BCUT2D eigenvalue weighted by Crippen LogP contribution is -2.25. The number of benzene rings is 7. The largest absolute Gasteiger partial charge is 0.466 e. The molecule has 13 aromatic rings. The Bertz CT molecular complexity index is 6600. The number of anilines is 6. The van der Waals surface area contributed by atoms with E-state index in [1.54, 1.807) is 62.3 Å². The molecule has 19 rings (SSSR count). The molecule has 6 unspecified atom stereocenters. The number of carbonyl (C=O) groups excluding carboxylic acids is 6. The number of H-pyrrole nitrogens is 6. The molecule has 0 aliphatic carbocycles. The van der Waals surface area contributed by atoms with Crippen molar-refractivity contribution in [2.24, 2.45) is 0 Å². The summed E-state index contributed by atoms with van der Waals surface area (Å²) in [4.78, 5) is 75.9. The number of allylic oxidation sites excluding steroid dienone is 6. The maximum atomic E-state index is 14.5. The van der Waals surface area contributed by atoms with Crippen molar-refractivity contribution < 1.29 is 61.6 Å². The third kappa shape index (κ3) is 23.0. The minimum atomic E-state index is -0.540. The van der Waals surface area contributed by atoms with Gasteiger partial charge in [-0.1, -0.05) is 251 Å². The molecular formula is C109H118BrCl2FN18O12. The molecule has 0 saturated carbocycles. The van der Waals surface area contributed by atoms with Crippen LogP contribution < -0.4 is 31.9 Å². The highest BCUT2D eigenvalue weighted by Gasteiger charge is 2.43. The van der Waals surface area contributed by atoms with Crippen molar-refractivity contribution in [3.05, 3.63) is 362 Å². The number of carbonyl (C=O) groups is 6. The lowest BCUT2D eigenvalue weighted by atomic mass is 9.81. The maximum absolute atomic E-state index is 14.5. The van der Waals surface area contributed by atoms with Gasteiger partial charge in [-0.3, -0.25) is 30.6 Å². The van der Waals surface area contributed by atoms with Gasteiger partial charge in [-0.25, -0.2) is 33.2 Å². The second-order valence-electron chi connectivity index (χ2n) is 34.0. The number of nitrogens with zero attached hydrogens (tertiary/aromatic N) is 6. The van der Waals surface area contributed by atoms with E-state index in [2.05, 4.69) is 161 Å². The number of rotatable bonds is 27. The predicted molar refractivity (Wildman–Crippen MR) is 556 cm³/mol. The second-order valence-corrected chi connectivity index (χ2v) is 35.6. The van der Waals surface area contributed by atoms with Gasteiger partial charge in [0.05, 0.1) is 117 Å². The van der Waals surface area contributed by atoms with Gasteiger partial charge in [0.25, 0.3) is 0 Å². The molecular weight excluding hydrogens is 1920 g/mol. The lowest BCUT2D eigenvalue weighted by molar-refractivity contribution is -0.139. The number of hydrogen-bond donors (Lipinski definition) is 12. The molecule has 0 saturated heterocycles. The van der Waals surface area contributed by atoms with Crippen molar-refractivity contribution in [3.63, 3.8) is 0 Å². The Labute approximate surface area is 847 Å². The summed E-state index contributed by atoms with van der Waals surface area (Å²) in [6.45, 7) is 22.9. The molecule has 143 heavy (non-hydrogen) atoms. The molecule has 6 aromatic heterocycles. The van der Waals surface area contributed by atoms with E-state index in [0.717, 1.165) is 198 Å². The smallest absolute Gasteiger partial charge is 0.336 e. The van der Waals surface area contributed by atoms with Crippen LogP contribution in [0.4, 0.5) is 39.3 Å². The van der Waals surface area contributed by atoms with E-state index in [-0.39, 0.29) is 71.9 Å². The Morgan fingerprint density at radius 3 is 0.951 bits per heavy atom. The number of aromatic amines is 6. The summed E-state index contributed by atoms with van der Waals surface area (Å²) in [5, 5.41) is 65.8. The Kier molecular flexibility index (Phi) is 36.0. The first-order valence-electron chi connectivity index (χ1n) is 48.3. The van der Waals surface area contributed by atoms with Crippen LogP contribution in [0.5, 0.6) is 0 Å². The highest BCUT2D eigenvalue weighted by Crippen LogP contribution is 2.51. The van der Waals surface area contributed by atoms with Crippen LogP contribution in [0.25, 0.3) is 10.8 Å². The summed E-state index contributed by atoms with van der Waals surface area (Å²) in [6.07, 6.45) is 18.6. The van der Waals surface area contributed by atoms with Crippen molar-refractivity contribution in [3.8, 4) is 0 Å². The van der Waals surface area contributed by atoms with Crippen molar-refractivity contribution in [2.75, 3.05) is 72.0 Å². The standard InChI is InChI=1S/C20H19N3O2.C18H20BrN3O2.C18H20ClN3O2.C18H20FN3O2.C18H21N3O2.C17H18ClN3O2/c1-3-25-20(24)17-12(2)22-19-16(11-21-23-19)18(17)15-10-6-8-13-7-4-5-9-14(13)15;3*1-3-7-14-16(18(23)24-4-2)15(11-8-5-6-9-13(11)19)12-10-20-22-17(12)21-14;1-3-8-14-16(18(22)23-4-2)15(12-9-6-5-7-10-12)13-11-19-21-17(13)20-14;1-3-6-13-15(17(22)23-2)14(10-7-4-5-8-12(10)18)11-9-19-21-16(11)20-13/h4-11,18H,3H2,1-2H3,(H2,21,22,23);3*5-6,8-10,15H,3-4,7H2,1-2H3,(H2,20,21,22);5-7,9-11,15H,3-4,8H2,1-2H3,(H2,19,20,21);4-5,7-9,14H,3,6H2,1-2H3,(H2,19,20,21). The highest BCUT2D eigenvalue weighted by atomic mass is 79.9. The maximum Gasteiger partial charge on any atom is 0.336 e. The van der Waals surface area contributed by atoms with Crippen LogP contribution in [0.2, 0.25) is 10.0 Å². The number of halogens is 4. The summed E-state index contributed by atoms with van der Waals surface area (Å²) < 4.78 is 47.1. The van der Waals surface area contributed by atoms with Gasteiger partial charge in [0.1, 0.15) is 40.7 Å². The average Bonchev–Trinajstić information content (AvgIpc) is 1.75. The molecule has 6 aliphatic heterocycles. The summed E-state index contributed by atoms with van der Waals surface area (Å²) in [5.41, 5.74) is 19.4. The Morgan fingerprint density at radius 2 is 0.587 bits per heavy atom. The summed E-state index contributed by atoms with van der Waals surface area (Å²) >= 11 is 16.5. The molecule has 12 N–H and O–H groups in total. The number of ether oxygens (including phenoxy) is 6. The predicted octanol–water partition coefficient (Wildman–Crippen LogP) is 23.7. The fourth-order valence-electron chi connectivity index (χ4n) is 18.9. The third-order valence-electron chi connectivity index (χ3n) is 24.8. The van der Waals surface area contributed by atoms with Crippen LogP contribution in [-0.2, 0) is 57.2 Å². The van der Waals surface area contributed by atoms with Gasteiger partial charge in [-0.05, 0) is 137 Å². The Morgan fingerprint density at radius 1 is 0.308 bits per heavy atom. The van der Waals surface area contributed by atoms with Crippen LogP contribution in [0.1, 0.15) is 243 Å². The minimum Gasteiger partial charge on any atom is -0.466 e. The molecule has 34 heteroatoms. The van der Waals surface area contributed by atoms with Crippen molar-refractivity contribution in [2.45, 2.75) is 176 Å². The van der Waals surface area contributed by atoms with E-state index < -0.39 is 11.9 Å². The zero-order valence-corrected chi connectivity index (χ0v) is 84.9. The van der Waals surface area contributed by atoms with Crippen LogP contribution in [0.3, 0.4) is 0 Å². The third-order valence-corrected chi connectivity index (χ3v) is 26.3. The molecule has 6 atom stereocenters. The zero-order chi connectivity index (χ0) is 101. The van der Waals surface area contributed by atoms with E-state index in [9.17, 15) is 33.2 Å². The number of aromatic nitrogens is 12. The zero-order valence-electron chi connectivity index (χ0n) is 81.8. The van der Waals surface area contributed by atoms with Crippen LogP contribution in [0.15, 0.2) is 279 Å². The van der Waals surface area contributed by atoms with Gasteiger partial charge >= 0.3 is 35.8 Å². The topological polar surface area (TPSA) is 402 Å². The fourth-order valence-corrected chi connectivity index (χ4v) is 19.9. The van der Waals surface area contributed by atoms with Crippen LogP contribution >= 0.6 is 39.1 Å². The first-order chi connectivity index (χ1) is 69.6. The second kappa shape index (κ2) is 49.5. The Hall–Kier alpha value is -14.9. The highest BCUT2D eigenvalue weighted by molar-refractivity contribution is 9.10. The number of esters is 6. The number of hydrogen-bond acceptors (Lipinski definition) is 24. The van der Waals surface area contributed by atoms with E-state index in [1.165, 1.54) is 13.2 Å². The minimum absolute atomic E-state index is 0.160. The van der Waals surface area contributed by atoms with Gasteiger partial charge < -0.3 is 60.3 Å². The van der Waals surface area contributed by atoms with Gasteiger partial charge in [0.15, 0.2) is 0 Å². The summed E-state index contributed by atoms with van der Waals surface area (Å²) in [5.74, 6) is 0.813. The van der Waals surface area contributed by atoms with Gasteiger partial charge in [0, 0.05) is 117 Å². The van der Waals surface area contributed by atoms with E-state index in [1.807, 2.05) is 163 Å². The number of methoxy groups -OCH3 is 1. The van der Waals surface area contributed by atoms with Gasteiger partial charge in [0.2, 0.25) is 0 Å². The molecule has 0 fully saturated rings. The first-order valence-corrected chi connectivity index (χ1v) is 49.8. The van der Waals surface area contributed by atoms with Gasteiger partial charge in [-0.15, -0.1) is 0 Å². The molecule has 744 valence electrons. The van der Waals surface area contributed by atoms with E-state index in [4.69, 9.17) is 51.6 Å². The molecule has 0 bridgehead atoms. The molecule has 6 aliphatic rings. The molecule has 0 spiro atoms. The molecule has 0 amide bonds. The normalized spacial score (nSPS) is 16.6. The van der Waals surface area contributed by atoms with Crippen LogP contribution in [0, 0.1) is 5.82 Å². The quantitative estimate of drug-likeness (QED) is 0.0168. The summed E-state index contributed by atoms with van der Waals surface area (Å²) in [7, 11) is 1.40. The van der Waals surface area contributed by atoms with Crippen molar-refractivity contribution >= 4 is 121 Å². The van der Waals surface area contributed by atoms with Gasteiger partial charge in [-0.2, -0.15) is 30.6 Å². The van der Waals surface area contributed by atoms with E-state index >= 15 is 0 Å². The number of fused-ring (bicyclic) bond motifs is 7. The number of nitrogens with one attached hydrogen (secondary N) is 12. The molecule has 30 nitrogen and oxygen atoms in total. The lowest BCUT2D eigenvalue weighted by Gasteiger charge is -2.29. The fraction of sp³-hybridized carbons (Fsp3) is 0.303. The monoisotopic (exact) mass is 2040 g/mol. The van der Waals surface area contributed by atoms with E-state index in [0.29, 0.717) is 87.7 Å². The first kappa shape index (κ1) is 104. The summed E-state index contributed by atoms with van der Waals surface area (Å²) in [6, 6.07) is 54.0. The Balaban J connectivity index is 0.000000136. The average molecular weight is 2040 g/mol. The molecule has 0 radical (unpaired) electrons. The van der Waals surface area contributed by atoms with Crippen molar-refractivity contribution in [1.82, 2.24) is 61.2 Å². The SMILES string of the molecule is CCCC1=C(C(=O)OC)C(c2ccccc2Cl)c2cn[nH]c2N1.CCCC1=C(C(=O)OCC)C(c2ccccc2)c2cn[nH]c2N1.CCCC1=C(C(=O)OCC)C(c2ccccc2Br)c2cn[nH]c2N1.CCCC1=C(C(=O)OCC)C(c2ccccc2Cl)c2cn[nH]c2N1.CCCC1=C(C(=O)OCC)C(c2ccccc2F)c2cn[nH]c2N1.CCOC(=O)C1=C(C)Nc2[nH]ncc2C1c1cccc2ccccc12.